The number of nitrogens with one attached hydrogen (secondary N) is 2. The topological polar surface area (TPSA) is 78.5 Å². The smallest absolute Gasteiger partial charge is 0.231 e. The monoisotopic (exact) mass is 441 g/mol. The molecule has 0 radical (unpaired) electrons. The molecule has 1 amide bonds. The second kappa shape index (κ2) is 8.63. The predicted molar refractivity (Wildman–Crippen MR) is 124 cm³/mol. The molecule has 1 aliphatic heterocycles. The SMILES string of the molecule is Cc1cc(C2(C(=O)N[C@H](CN3CCCC3)c3ccccc3)CC2)ccc1NS(C)(=O)=O. The molecule has 2 aromatic carbocycles. The van der Waals surface area contributed by atoms with E-state index in [1.54, 1.807) is 6.07 Å². The molecule has 2 aliphatic rings. The van der Waals surface area contributed by atoms with Gasteiger partial charge in [-0.2, -0.15) is 0 Å². The van der Waals surface area contributed by atoms with Crippen molar-refractivity contribution in [2.24, 2.45) is 0 Å². The Morgan fingerprint density at radius 1 is 1.10 bits per heavy atom. The number of sulfonamides is 1. The van der Waals surface area contributed by atoms with E-state index in [0.717, 1.165) is 55.4 Å². The maximum atomic E-state index is 13.5. The lowest BCUT2D eigenvalue weighted by Crippen LogP contribution is -2.41. The number of aryl methyl sites for hydroxylation is 1. The third-order valence-electron chi connectivity index (χ3n) is 6.41. The van der Waals surface area contributed by atoms with Crippen LogP contribution in [0.3, 0.4) is 0 Å². The first kappa shape index (κ1) is 21.8. The number of hydrogen-bond donors (Lipinski definition) is 2. The Labute approximate surface area is 185 Å². The fourth-order valence-corrected chi connectivity index (χ4v) is 5.12. The van der Waals surface area contributed by atoms with Crippen LogP contribution < -0.4 is 10.0 Å². The summed E-state index contributed by atoms with van der Waals surface area (Å²) < 4.78 is 25.7. The van der Waals surface area contributed by atoms with Crippen LogP contribution >= 0.6 is 0 Å². The van der Waals surface area contributed by atoms with Gasteiger partial charge in [-0.1, -0.05) is 42.5 Å². The van der Waals surface area contributed by atoms with Crippen LogP contribution in [0.4, 0.5) is 5.69 Å². The second-order valence-corrected chi connectivity index (χ2v) is 10.7. The van der Waals surface area contributed by atoms with Gasteiger partial charge < -0.3 is 10.2 Å². The van der Waals surface area contributed by atoms with Gasteiger partial charge in [-0.15, -0.1) is 0 Å². The number of likely N-dealkylation sites (tertiary alicyclic amines) is 1. The van der Waals surface area contributed by atoms with Crippen molar-refractivity contribution in [3.63, 3.8) is 0 Å². The minimum absolute atomic E-state index is 0.0449. The molecular weight excluding hydrogens is 410 g/mol. The van der Waals surface area contributed by atoms with Crippen LogP contribution in [0.2, 0.25) is 0 Å². The first-order valence-corrected chi connectivity index (χ1v) is 12.8. The summed E-state index contributed by atoms with van der Waals surface area (Å²) >= 11 is 0. The molecule has 1 saturated heterocycles. The minimum atomic E-state index is -3.34. The van der Waals surface area contributed by atoms with Gasteiger partial charge in [-0.05, 0) is 68.5 Å². The van der Waals surface area contributed by atoms with Gasteiger partial charge in [0.05, 0.1) is 23.4 Å². The van der Waals surface area contributed by atoms with E-state index in [4.69, 9.17) is 0 Å². The lowest BCUT2D eigenvalue weighted by atomic mass is 9.92. The van der Waals surface area contributed by atoms with Gasteiger partial charge in [-0.25, -0.2) is 8.42 Å². The van der Waals surface area contributed by atoms with E-state index in [1.807, 2.05) is 37.3 Å². The van der Waals surface area contributed by atoms with E-state index in [-0.39, 0.29) is 11.9 Å². The Morgan fingerprint density at radius 3 is 2.35 bits per heavy atom. The second-order valence-electron chi connectivity index (χ2n) is 8.93. The van der Waals surface area contributed by atoms with E-state index >= 15 is 0 Å². The molecule has 1 heterocycles. The van der Waals surface area contributed by atoms with Crippen molar-refractivity contribution in [3.8, 4) is 0 Å². The summed E-state index contributed by atoms with van der Waals surface area (Å²) in [5.74, 6) is 0.0590. The number of carbonyl (C=O) groups excluding carboxylic acids is 1. The van der Waals surface area contributed by atoms with E-state index in [2.05, 4.69) is 27.1 Å². The number of carbonyl (C=O) groups is 1. The van der Waals surface area contributed by atoms with Gasteiger partial charge in [0.2, 0.25) is 15.9 Å². The van der Waals surface area contributed by atoms with Gasteiger partial charge >= 0.3 is 0 Å². The molecule has 0 bridgehead atoms. The van der Waals surface area contributed by atoms with E-state index in [1.165, 1.54) is 12.8 Å². The molecule has 2 N–H and O–H groups in total. The van der Waals surface area contributed by atoms with Gasteiger partial charge in [-0.3, -0.25) is 9.52 Å². The van der Waals surface area contributed by atoms with Crippen LogP contribution in [0.1, 0.15) is 48.4 Å². The Morgan fingerprint density at radius 2 is 1.77 bits per heavy atom. The van der Waals surface area contributed by atoms with Gasteiger partial charge in [0.25, 0.3) is 0 Å². The van der Waals surface area contributed by atoms with Crippen LogP contribution in [0, 0.1) is 6.92 Å². The highest BCUT2D eigenvalue weighted by Crippen LogP contribution is 2.49. The first-order chi connectivity index (χ1) is 14.8. The predicted octanol–water partition coefficient (Wildman–Crippen LogP) is 3.35. The van der Waals surface area contributed by atoms with Gasteiger partial charge in [0.15, 0.2) is 0 Å². The fourth-order valence-electron chi connectivity index (χ4n) is 4.49. The Balaban J connectivity index is 1.53. The molecule has 0 spiro atoms. The summed E-state index contributed by atoms with van der Waals surface area (Å²) in [6, 6.07) is 15.7. The molecule has 166 valence electrons. The van der Waals surface area contributed by atoms with Crippen LogP contribution in [-0.4, -0.2) is 45.1 Å². The minimum Gasteiger partial charge on any atom is -0.347 e. The summed E-state index contributed by atoms with van der Waals surface area (Å²) in [5, 5.41) is 3.34. The average molecular weight is 442 g/mol. The highest BCUT2D eigenvalue weighted by molar-refractivity contribution is 7.92. The summed E-state index contributed by atoms with van der Waals surface area (Å²) in [6.45, 7) is 4.85. The number of benzene rings is 2. The van der Waals surface area contributed by atoms with Crippen molar-refractivity contribution in [2.75, 3.05) is 30.6 Å². The van der Waals surface area contributed by atoms with Gasteiger partial charge in [0, 0.05) is 6.54 Å². The highest BCUT2D eigenvalue weighted by atomic mass is 32.2. The zero-order chi connectivity index (χ0) is 22.1. The van der Waals surface area contributed by atoms with Crippen molar-refractivity contribution in [2.45, 2.75) is 44.1 Å². The fraction of sp³-hybridized carbons (Fsp3) is 0.458. The molecule has 2 aromatic rings. The number of amides is 1. The van der Waals surface area contributed by atoms with Crippen molar-refractivity contribution in [3.05, 3.63) is 65.2 Å². The van der Waals surface area contributed by atoms with Crippen LogP contribution in [0.5, 0.6) is 0 Å². The summed E-state index contributed by atoms with van der Waals surface area (Å²) in [7, 11) is -3.34. The number of hydrogen-bond acceptors (Lipinski definition) is 4. The lowest BCUT2D eigenvalue weighted by molar-refractivity contribution is -0.124. The molecule has 1 saturated carbocycles. The maximum Gasteiger partial charge on any atom is 0.231 e. The van der Waals surface area contributed by atoms with Crippen molar-refractivity contribution >= 4 is 21.6 Å². The molecule has 0 aromatic heterocycles. The number of nitrogens with zero attached hydrogens (tertiary/aromatic N) is 1. The third kappa shape index (κ3) is 5.10. The quantitative estimate of drug-likeness (QED) is 0.659. The maximum absolute atomic E-state index is 13.5. The summed E-state index contributed by atoms with van der Waals surface area (Å²) in [5.41, 5.74) is 2.93. The first-order valence-electron chi connectivity index (χ1n) is 10.9. The molecule has 1 aliphatic carbocycles. The summed E-state index contributed by atoms with van der Waals surface area (Å²) in [4.78, 5) is 15.9. The van der Waals surface area contributed by atoms with E-state index in [0.29, 0.717) is 5.69 Å². The molecule has 1 atom stereocenters. The van der Waals surface area contributed by atoms with Gasteiger partial charge in [0.1, 0.15) is 0 Å². The van der Waals surface area contributed by atoms with E-state index in [9.17, 15) is 13.2 Å². The molecular formula is C24H31N3O3S. The van der Waals surface area contributed by atoms with Crippen LogP contribution in [0.25, 0.3) is 0 Å². The Bertz CT molecular complexity index is 1040. The summed E-state index contributed by atoms with van der Waals surface area (Å²) in [6.07, 6.45) is 5.18. The Hall–Kier alpha value is -2.38. The van der Waals surface area contributed by atoms with Crippen LogP contribution in [-0.2, 0) is 20.2 Å². The highest BCUT2D eigenvalue weighted by Gasteiger charge is 2.51. The normalized spacial score (nSPS) is 19.0. The van der Waals surface area contributed by atoms with Crippen molar-refractivity contribution in [1.82, 2.24) is 10.2 Å². The molecule has 0 unspecified atom stereocenters. The number of anilines is 1. The zero-order valence-corrected chi connectivity index (χ0v) is 19.0. The standard InChI is InChI=1S/C24H31N3O3S/c1-18-16-20(10-11-21(18)26-31(2,29)30)24(12-13-24)23(28)25-22(17-27-14-6-7-15-27)19-8-4-3-5-9-19/h3-5,8-11,16,22,26H,6-7,12-15,17H2,1-2H3,(H,25,28)/t22-/m1/s1. The third-order valence-corrected chi connectivity index (χ3v) is 7.00. The van der Waals surface area contributed by atoms with Crippen molar-refractivity contribution < 1.29 is 13.2 Å². The molecule has 2 fully saturated rings. The van der Waals surface area contributed by atoms with Crippen molar-refractivity contribution in [1.29, 1.82) is 0 Å². The molecule has 31 heavy (non-hydrogen) atoms. The molecule has 7 heteroatoms. The molecule has 4 rings (SSSR count). The van der Waals surface area contributed by atoms with Crippen LogP contribution in [0.15, 0.2) is 48.5 Å². The molecule has 6 nitrogen and oxygen atoms in total. The zero-order valence-electron chi connectivity index (χ0n) is 18.2. The Kier molecular flexibility index (Phi) is 6.08. The lowest BCUT2D eigenvalue weighted by Gasteiger charge is -2.27. The largest absolute Gasteiger partial charge is 0.347 e. The average Bonchev–Trinajstić information content (AvgIpc) is 3.39. The number of rotatable bonds is 8. The van der Waals surface area contributed by atoms with E-state index < -0.39 is 15.4 Å².